The van der Waals surface area contributed by atoms with Gasteiger partial charge < -0.3 is 4.90 Å². The summed E-state index contributed by atoms with van der Waals surface area (Å²) < 4.78 is 24.2. The van der Waals surface area contributed by atoms with E-state index in [4.69, 9.17) is 11.6 Å². The molecule has 0 atom stereocenters. The lowest BCUT2D eigenvalue weighted by atomic mass is 10.0. The first-order chi connectivity index (χ1) is 9.84. The van der Waals surface area contributed by atoms with Gasteiger partial charge in [-0.25, -0.2) is 8.42 Å². The van der Waals surface area contributed by atoms with Gasteiger partial charge in [0.15, 0.2) is 9.84 Å². The summed E-state index contributed by atoms with van der Waals surface area (Å²) in [6.45, 7) is 3.62. The number of piperidine rings is 1. The van der Waals surface area contributed by atoms with E-state index in [1.165, 1.54) is 18.7 Å². The van der Waals surface area contributed by atoms with Gasteiger partial charge >= 0.3 is 0 Å². The molecule has 1 fully saturated rings. The highest BCUT2D eigenvalue weighted by molar-refractivity contribution is 7.90. The molecule has 0 bridgehead atoms. The van der Waals surface area contributed by atoms with Crippen LogP contribution in [0.15, 0.2) is 17.0 Å². The van der Waals surface area contributed by atoms with Crippen LogP contribution in [0.5, 0.6) is 0 Å². The molecule has 6 heteroatoms. The molecule has 116 valence electrons. The van der Waals surface area contributed by atoms with E-state index in [0.29, 0.717) is 17.7 Å². The first kappa shape index (κ1) is 16.3. The fourth-order valence-corrected chi connectivity index (χ4v) is 3.84. The lowest BCUT2D eigenvalue weighted by molar-refractivity contribution is 0.108. The van der Waals surface area contributed by atoms with Crippen LogP contribution in [-0.4, -0.2) is 33.0 Å². The molecule has 0 radical (unpaired) electrons. The minimum Gasteiger partial charge on any atom is -0.370 e. The Morgan fingerprint density at radius 1 is 1.24 bits per heavy atom. The molecule has 1 aliphatic rings. The zero-order valence-corrected chi connectivity index (χ0v) is 13.9. The van der Waals surface area contributed by atoms with Crippen LogP contribution in [0.2, 0.25) is 0 Å². The van der Waals surface area contributed by atoms with Crippen LogP contribution in [0, 0.1) is 0 Å². The van der Waals surface area contributed by atoms with Gasteiger partial charge in [-0.05, 0) is 55.0 Å². The number of carbonyl (C=O) groups excluding carboxylic acids is 1. The molecule has 0 spiro atoms. The van der Waals surface area contributed by atoms with E-state index in [0.717, 1.165) is 31.5 Å². The molecular formula is C15H20ClNO3S. The van der Waals surface area contributed by atoms with E-state index < -0.39 is 15.1 Å². The number of hydrogen-bond acceptors (Lipinski definition) is 4. The zero-order chi connectivity index (χ0) is 15.6. The number of rotatable bonds is 4. The van der Waals surface area contributed by atoms with Gasteiger partial charge in [-0.1, -0.05) is 6.92 Å². The maximum atomic E-state index is 12.1. The Morgan fingerprint density at radius 2 is 1.86 bits per heavy atom. The summed E-state index contributed by atoms with van der Waals surface area (Å²) in [6.07, 6.45) is 5.09. The Bertz CT molecular complexity index is 649. The van der Waals surface area contributed by atoms with Crippen molar-refractivity contribution < 1.29 is 13.2 Å². The van der Waals surface area contributed by atoms with Crippen molar-refractivity contribution in [3.05, 3.63) is 23.3 Å². The quantitative estimate of drug-likeness (QED) is 0.797. The molecule has 0 amide bonds. The van der Waals surface area contributed by atoms with Gasteiger partial charge in [0.25, 0.3) is 5.24 Å². The van der Waals surface area contributed by atoms with Crippen molar-refractivity contribution in [1.29, 1.82) is 0 Å². The third kappa shape index (κ3) is 3.58. The molecule has 1 aliphatic heterocycles. The van der Waals surface area contributed by atoms with Crippen molar-refractivity contribution >= 4 is 32.4 Å². The van der Waals surface area contributed by atoms with Crippen LogP contribution in [0.1, 0.15) is 42.1 Å². The number of aryl methyl sites for hydroxylation is 1. The molecule has 21 heavy (non-hydrogen) atoms. The number of carbonyl (C=O) groups is 1. The summed E-state index contributed by atoms with van der Waals surface area (Å²) >= 11 is 5.60. The molecule has 0 saturated carbocycles. The topological polar surface area (TPSA) is 54.5 Å². The second-order valence-electron chi connectivity index (χ2n) is 5.42. The summed E-state index contributed by atoms with van der Waals surface area (Å²) in [6, 6.07) is 3.25. The molecule has 1 aromatic rings. The molecule has 1 aromatic carbocycles. The van der Waals surface area contributed by atoms with Gasteiger partial charge in [0.05, 0.1) is 10.6 Å². The van der Waals surface area contributed by atoms with Gasteiger partial charge in [-0.3, -0.25) is 4.79 Å². The number of hydrogen-bond donors (Lipinski definition) is 0. The van der Waals surface area contributed by atoms with E-state index in [2.05, 4.69) is 4.90 Å². The molecule has 1 saturated heterocycles. The third-order valence-electron chi connectivity index (χ3n) is 3.87. The molecule has 0 aromatic heterocycles. The van der Waals surface area contributed by atoms with Crippen molar-refractivity contribution in [3.63, 3.8) is 0 Å². The van der Waals surface area contributed by atoms with Crippen molar-refractivity contribution in [2.75, 3.05) is 24.2 Å². The Balaban J connectivity index is 2.63. The third-order valence-corrected chi connectivity index (χ3v) is 5.20. The number of sulfone groups is 1. The fourth-order valence-electron chi connectivity index (χ4n) is 2.77. The average Bonchev–Trinajstić information content (AvgIpc) is 2.45. The Hall–Kier alpha value is -1.07. The first-order valence-electron chi connectivity index (χ1n) is 7.16. The van der Waals surface area contributed by atoms with Crippen molar-refractivity contribution in [2.24, 2.45) is 0 Å². The largest absolute Gasteiger partial charge is 0.370 e. The number of nitrogens with zero attached hydrogens (tertiary/aromatic N) is 1. The van der Waals surface area contributed by atoms with Crippen molar-refractivity contribution in [1.82, 2.24) is 0 Å². The molecule has 0 aliphatic carbocycles. The number of benzene rings is 1. The second kappa shape index (κ2) is 6.36. The lowest BCUT2D eigenvalue weighted by Crippen LogP contribution is -2.31. The predicted molar refractivity (Wildman–Crippen MR) is 85.2 cm³/mol. The summed E-state index contributed by atoms with van der Waals surface area (Å²) in [5, 5.41) is -0.609. The van der Waals surface area contributed by atoms with Gasteiger partial charge in [0, 0.05) is 24.9 Å². The Labute approximate surface area is 131 Å². The van der Waals surface area contributed by atoms with Gasteiger partial charge in [-0.15, -0.1) is 0 Å². The summed E-state index contributed by atoms with van der Waals surface area (Å²) in [5.74, 6) is 0. The van der Waals surface area contributed by atoms with Crippen LogP contribution in [0.4, 0.5) is 5.69 Å². The predicted octanol–water partition coefficient (Wildman–Crippen LogP) is 3.02. The van der Waals surface area contributed by atoms with E-state index in [-0.39, 0.29) is 4.90 Å². The summed E-state index contributed by atoms with van der Waals surface area (Å²) in [7, 11) is -3.42. The first-order valence-corrected chi connectivity index (χ1v) is 9.43. The summed E-state index contributed by atoms with van der Waals surface area (Å²) in [5.41, 5.74) is 1.79. The normalized spacial score (nSPS) is 16.0. The molecular weight excluding hydrogens is 310 g/mol. The van der Waals surface area contributed by atoms with Crippen LogP contribution in [-0.2, 0) is 16.3 Å². The molecule has 2 rings (SSSR count). The minimum atomic E-state index is -3.42. The van der Waals surface area contributed by atoms with Crippen molar-refractivity contribution in [2.45, 2.75) is 37.5 Å². The molecule has 4 nitrogen and oxygen atoms in total. The highest BCUT2D eigenvalue weighted by Gasteiger charge is 2.23. The maximum absolute atomic E-state index is 12.1. The smallest absolute Gasteiger partial charge is 0.252 e. The highest BCUT2D eigenvalue weighted by atomic mass is 35.5. The van der Waals surface area contributed by atoms with Crippen molar-refractivity contribution in [3.8, 4) is 0 Å². The standard InChI is InChI=1S/C15H20ClNO3S/c1-3-11-9-13(17-7-5-4-6-8-17)14(21(2,19)20)10-12(11)15(16)18/h9-10H,3-8H2,1-2H3. The van der Waals surface area contributed by atoms with Crippen LogP contribution in [0.25, 0.3) is 0 Å². The fraction of sp³-hybridized carbons (Fsp3) is 0.533. The monoisotopic (exact) mass is 329 g/mol. The zero-order valence-electron chi connectivity index (χ0n) is 12.4. The van der Waals surface area contributed by atoms with E-state index in [1.807, 2.05) is 13.0 Å². The highest BCUT2D eigenvalue weighted by Crippen LogP contribution is 2.32. The Kier molecular flexibility index (Phi) is 4.94. The number of halogens is 1. The van der Waals surface area contributed by atoms with E-state index in [9.17, 15) is 13.2 Å². The maximum Gasteiger partial charge on any atom is 0.252 e. The Morgan fingerprint density at radius 3 is 2.33 bits per heavy atom. The molecule has 0 unspecified atom stereocenters. The van der Waals surface area contributed by atoms with Crippen LogP contribution in [0.3, 0.4) is 0 Å². The van der Waals surface area contributed by atoms with Crippen LogP contribution >= 0.6 is 11.6 Å². The van der Waals surface area contributed by atoms with Gasteiger partial charge in [0.2, 0.25) is 0 Å². The lowest BCUT2D eigenvalue weighted by Gasteiger charge is -2.31. The molecule has 0 N–H and O–H groups in total. The average molecular weight is 330 g/mol. The van der Waals surface area contributed by atoms with Crippen LogP contribution < -0.4 is 4.90 Å². The van der Waals surface area contributed by atoms with E-state index >= 15 is 0 Å². The summed E-state index contributed by atoms with van der Waals surface area (Å²) in [4.78, 5) is 13.8. The minimum absolute atomic E-state index is 0.200. The SMILES string of the molecule is CCc1cc(N2CCCCC2)c(S(C)(=O)=O)cc1C(=O)Cl. The van der Waals surface area contributed by atoms with E-state index in [1.54, 1.807) is 0 Å². The molecule has 1 heterocycles. The number of anilines is 1. The van der Waals surface area contributed by atoms with Gasteiger partial charge in [0.1, 0.15) is 0 Å². The second-order valence-corrected chi connectivity index (χ2v) is 7.75. The van der Waals surface area contributed by atoms with Gasteiger partial charge in [-0.2, -0.15) is 0 Å².